The molecule has 0 fully saturated rings. The third-order valence-corrected chi connectivity index (χ3v) is 2.62. The Kier molecular flexibility index (Phi) is 4.98. The van der Waals surface area contributed by atoms with Crippen molar-refractivity contribution in [3.05, 3.63) is 28.7 Å². The molecule has 1 aromatic carbocycles. The minimum absolute atomic E-state index is 0.0901. The molecule has 0 bridgehead atoms. The van der Waals surface area contributed by atoms with E-state index >= 15 is 0 Å². The van der Waals surface area contributed by atoms with Gasteiger partial charge in [0.05, 0.1) is 19.2 Å². The summed E-state index contributed by atoms with van der Waals surface area (Å²) in [7, 11) is 1.30. The van der Waals surface area contributed by atoms with E-state index in [1.165, 1.54) is 7.11 Å². The van der Waals surface area contributed by atoms with E-state index in [1.54, 1.807) is 6.07 Å². The van der Waals surface area contributed by atoms with Gasteiger partial charge in [-0.25, -0.2) is 0 Å². The standard InChI is InChI=1S/C11H12BrNO3/c1-16-11(15)7-6-10(14)13-9-5-3-2-4-8(9)12/h2-5H,6-7H2,1H3,(H,13,14). The van der Waals surface area contributed by atoms with Crippen LogP contribution >= 0.6 is 15.9 Å². The number of hydrogen-bond donors (Lipinski definition) is 1. The summed E-state index contributed by atoms with van der Waals surface area (Å²) in [6.07, 6.45) is 0.209. The lowest BCUT2D eigenvalue weighted by atomic mass is 10.2. The molecule has 0 aliphatic rings. The Hall–Kier alpha value is -1.36. The van der Waals surface area contributed by atoms with E-state index in [1.807, 2.05) is 18.2 Å². The molecular formula is C11H12BrNO3. The maximum absolute atomic E-state index is 11.4. The van der Waals surface area contributed by atoms with Crippen LogP contribution in [0.5, 0.6) is 0 Å². The first-order valence-corrected chi connectivity index (χ1v) is 5.54. The van der Waals surface area contributed by atoms with E-state index in [0.717, 1.165) is 4.47 Å². The lowest BCUT2D eigenvalue weighted by Crippen LogP contribution is -2.14. The second-order valence-corrected chi connectivity index (χ2v) is 3.96. The van der Waals surface area contributed by atoms with Gasteiger partial charge in [0.1, 0.15) is 0 Å². The molecule has 1 aromatic rings. The zero-order valence-electron chi connectivity index (χ0n) is 8.83. The van der Waals surface area contributed by atoms with E-state index in [4.69, 9.17) is 0 Å². The van der Waals surface area contributed by atoms with Crippen LogP contribution in [0.3, 0.4) is 0 Å². The van der Waals surface area contributed by atoms with Crippen LogP contribution in [-0.4, -0.2) is 19.0 Å². The largest absolute Gasteiger partial charge is 0.469 e. The minimum atomic E-state index is -0.387. The number of carbonyl (C=O) groups excluding carboxylic acids is 2. The lowest BCUT2D eigenvalue weighted by molar-refractivity contribution is -0.141. The highest BCUT2D eigenvalue weighted by Crippen LogP contribution is 2.21. The van der Waals surface area contributed by atoms with Crippen molar-refractivity contribution in [3.63, 3.8) is 0 Å². The van der Waals surface area contributed by atoms with Gasteiger partial charge in [0.15, 0.2) is 0 Å². The molecule has 0 unspecified atom stereocenters. The molecule has 0 aromatic heterocycles. The molecule has 0 saturated carbocycles. The molecule has 1 N–H and O–H groups in total. The SMILES string of the molecule is COC(=O)CCC(=O)Nc1ccccc1Br. The zero-order chi connectivity index (χ0) is 12.0. The Labute approximate surface area is 102 Å². The molecule has 0 heterocycles. The molecule has 1 rings (SSSR count). The number of benzene rings is 1. The van der Waals surface area contributed by atoms with Crippen LogP contribution in [-0.2, 0) is 14.3 Å². The van der Waals surface area contributed by atoms with Gasteiger partial charge in [-0.15, -0.1) is 0 Å². The van der Waals surface area contributed by atoms with Gasteiger partial charge < -0.3 is 10.1 Å². The fraction of sp³-hybridized carbons (Fsp3) is 0.273. The molecule has 5 heteroatoms. The van der Waals surface area contributed by atoms with Crippen LogP contribution < -0.4 is 5.32 Å². The molecule has 86 valence electrons. The van der Waals surface area contributed by atoms with Crippen LogP contribution in [0.15, 0.2) is 28.7 Å². The molecule has 0 radical (unpaired) electrons. The third-order valence-electron chi connectivity index (χ3n) is 1.93. The molecule has 1 amide bonds. The first-order chi connectivity index (χ1) is 7.63. The molecule has 0 saturated heterocycles. The van der Waals surface area contributed by atoms with Gasteiger partial charge in [0.25, 0.3) is 0 Å². The highest BCUT2D eigenvalue weighted by molar-refractivity contribution is 9.10. The minimum Gasteiger partial charge on any atom is -0.469 e. The average Bonchev–Trinajstić information content (AvgIpc) is 2.29. The Morgan fingerprint density at radius 3 is 2.62 bits per heavy atom. The summed E-state index contributed by atoms with van der Waals surface area (Å²) in [5.74, 6) is -0.598. The number of amides is 1. The summed E-state index contributed by atoms with van der Waals surface area (Å²) in [6.45, 7) is 0. The van der Waals surface area contributed by atoms with E-state index in [0.29, 0.717) is 5.69 Å². The summed E-state index contributed by atoms with van der Waals surface area (Å²) in [4.78, 5) is 22.3. The van der Waals surface area contributed by atoms with Crippen LogP contribution in [0.2, 0.25) is 0 Å². The average molecular weight is 286 g/mol. The van der Waals surface area contributed by atoms with Crippen LogP contribution in [0.1, 0.15) is 12.8 Å². The number of carbonyl (C=O) groups is 2. The first-order valence-electron chi connectivity index (χ1n) is 4.74. The van der Waals surface area contributed by atoms with Crippen molar-refractivity contribution >= 4 is 33.5 Å². The topological polar surface area (TPSA) is 55.4 Å². The van der Waals surface area contributed by atoms with Crippen LogP contribution in [0.4, 0.5) is 5.69 Å². The van der Waals surface area contributed by atoms with Gasteiger partial charge in [0, 0.05) is 10.9 Å². The second-order valence-electron chi connectivity index (χ2n) is 3.10. The van der Waals surface area contributed by atoms with Gasteiger partial charge in [-0.05, 0) is 28.1 Å². The maximum Gasteiger partial charge on any atom is 0.306 e. The fourth-order valence-corrected chi connectivity index (χ4v) is 1.48. The van der Waals surface area contributed by atoms with Crippen molar-refractivity contribution in [1.82, 2.24) is 0 Å². The number of rotatable bonds is 4. The van der Waals surface area contributed by atoms with Crippen molar-refractivity contribution in [2.45, 2.75) is 12.8 Å². The van der Waals surface area contributed by atoms with Gasteiger partial charge in [-0.1, -0.05) is 12.1 Å². The predicted octanol–water partition coefficient (Wildman–Crippen LogP) is 2.34. The Balaban J connectivity index is 2.46. The third kappa shape index (κ3) is 4.02. The van der Waals surface area contributed by atoms with Gasteiger partial charge in [-0.3, -0.25) is 9.59 Å². The molecule has 0 aliphatic heterocycles. The van der Waals surface area contributed by atoms with Crippen molar-refractivity contribution < 1.29 is 14.3 Å². The Bertz CT molecular complexity index is 393. The summed E-state index contributed by atoms with van der Waals surface area (Å²) in [5.41, 5.74) is 0.692. The van der Waals surface area contributed by atoms with Gasteiger partial charge in [-0.2, -0.15) is 0 Å². The van der Waals surface area contributed by atoms with Gasteiger partial charge in [0.2, 0.25) is 5.91 Å². The number of ether oxygens (including phenoxy) is 1. The van der Waals surface area contributed by atoms with E-state index in [9.17, 15) is 9.59 Å². The zero-order valence-corrected chi connectivity index (χ0v) is 10.4. The van der Waals surface area contributed by atoms with Crippen molar-refractivity contribution in [1.29, 1.82) is 0 Å². The lowest BCUT2D eigenvalue weighted by Gasteiger charge is -2.06. The number of anilines is 1. The molecule has 16 heavy (non-hydrogen) atoms. The number of hydrogen-bond acceptors (Lipinski definition) is 3. The Morgan fingerprint density at radius 2 is 2.00 bits per heavy atom. The molecule has 4 nitrogen and oxygen atoms in total. The van der Waals surface area contributed by atoms with Crippen molar-refractivity contribution in [3.8, 4) is 0 Å². The van der Waals surface area contributed by atoms with Crippen LogP contribution in [0, 0.1) is 0 Å². The number of esters is 1. The second kappa shape index (κ2) is 6.27. The van der Waals surface area contributed by atoms with Gasteiger partial charge >= 0.3 is 5.97 Å². The normalized spacial score (nSPS) is 9.62. The molecule has 0 atom stereocenters. The number of nitrogens with one attached hydrogen (secondary N) is 1. The Morgan fingerprint density at radius 1 is 1.31 bits per heavy atom. The molecule has 0 aliphatic carbocycles. The number of para-hydroxylation sites is 1. The summed E-state index contributed by atoms with van der Waals surface area (Å²) in [6, 6.07) is 7.28. The van der Waals surface area contributed by atoms with E-state index in [2.05, 4.69) is 26.0 Å². The summed E-state index contributed by atoms with van der Waals surface area (Å²) >= 11 is 3.31. The fourth-order valence-electron chi connectivity index (χ4n) is 1.09. The maximum atomic E-state index is 11.4. The molecule has 0 spiro atoms. The summed E-state index contributed by atoms with van der Waals surface area (Å²) < 4.78 is 5.25. The highest BCUT2D eigenvalue weighted by Gasteiger charge is 2.08. The smallest absolute Gasteiger partial charge is 0.306 e. The monoisotopic (exact) mass is 285 g/mol. The number of halogens is 1. The van der Waals surface area contributed by atoms with E-state index < -0.39 is 0 Å². The number of methoxy groups -OCH3 is 1. The van der Waals surface area contributed by atoms with Crippen molar-refractivity contribution in [2.75, 3.05) is 12.4 Å². The first kappa shape index (κ1) is 12.7. The summed E-state index contributed by atoms with van der Waals surface area (Å²) in [5, 5.41) is 2.70. The van der Waals surface area contributed by atoms with Crippen molar-refractivity contribution in [2.24, 2.45) is 0 Å². The molecular weight excluding hydrogens is 274 g/mol. The van der Waals surface area contributed by atoms with E-state index in [-0.39, 0.29) is 24.7 Å². The quantitative estimate of drug-likeness (QED) is 0.864. The predicted molar refractivity (Wildman–Crippen MR) is 64.0 cm³/mol. The highest BCUT2D eigenvalue weighted by atomic mass is 79.9. The van der Waals surface area contributed by atoms with Crippen LogP contribution in [0.25, 0.3) is 0 Å².